The Labute approximate surface area is 132 Å². The Morgan fingerprint density at radius 3 is 2.64 bits per heavy atom. The van der Waals surface area contributed by atoms with Crippen molar-refractivity contribution in [2.45, 2.75) is 53.2 Å². The minimum absolute atomic E-state index is 0.0413. The highest BCUT2D eigenvalue weighted by molar-refractivity contribution is 5.78. The lowest BCUT2D eigenvalue weighted by atomic mass is 9.83. The lowest BCUT2D eigenvalue weighted by Gasteiger charge is -2.30. The lowest BCUT2D eigenvalue weighted by molar-refractivity contribution is -0.124. The molecule has 1 aromatic rings. The monoisotopic (exact) mass is 305 g/mol. The van der Waals surface area contributed by atoms with Crippen LogP contribution in [-0.4, -0.2) is 17.6 Å². The van der Waals surface area contributed by atoms with Crippen molar-refractivity contribution in [2.24, 2.45) is 11.3 Å². The number of hydrogen-bond acceptors (Lipinski definition) is 3. The number of rotatable bonds is 3. The molecule has 122 valence electrons. The summed E-state index contributed by atoms with van der Waals surface area (Å²) in [6, 6.07) is 5.72. The Kier molecular flexibility index (Phi) is 4.81. The maximum Gasteiger partial charge on any atom is 0.223 e. The summed E-state index contributed by atoms with van der Waals surface area (Å²) in [5.41, 5.74) is 1.59. The van der Waals surface area contributed by atoms with Gasteiger partial charge >= 0.3 is 0 Å². The SMILES string of the molecule is CC(C)C(=O)NC1CCOc2ccc(C(O)C(C)(C)C)cc21. The summed E-state index contributed by atoms with van der Waals surface area (Å²) in [4.78, 5) is 12.0. The predicted molar refractivity (Wildman–Crippen MR) is 86.7 cm³/mol. The van der Waals surface area contributed by atoms with Crippen LogP contribution in [0.2, 0.25) is 0 Å². The molecule has 0 spiro atoms. The van der Waals surface area contributed by atoms with E-state index in [4.69, 9.17) is 4.74 Å². The first kappa shape index (κ1) is 16.8. The van der Waals surface area contributed by atoms with Gasteiger partial charge in [0.15, 0.2) is 0 Å². The quantitative estimate of drug-likeness (QED) is 0.900. The zero-order chi connectivity index (χ0) is 16.5. The Morgan fingerprint density at radius 1 is 1.36 bits per heavy atom. The van der Waals surface area contributed by atoms with Gasteiger partial charge in [-0.2, -0.15) is 0 Å². The fraction of sp³-hybridized carbons (Fsp3) is 0.611. The molecule has 2 atom stereocenters. The highest BCUT2D eigenvalue weighted by atomic mass is 16.5. The van der Waals surface area contributed by atoms with E-state index in [0.717, 1.165) is 23.3 Å². The first-order valence-corrected chi connectivity index (χ1v) is 7.95. The Bertz CT molecular complexity index is 546. The molecule has 2 unspecified atom stereocenters. The number of fused-ring (bicyclic) bond motifs is 1. The number of aliphatic hydroxyl groups is 1. The molecule has 1 heterocycles. The van der Waals surface area contributed by atoms with Crippen molar-refractivity contribution >= 4 is 5.91 Å². The third-order valence-electron chi connectivity index (χ3n) is 4.05. The normalized spacial score (nSPS) is 19.3. The number of nitrogens with one attached hydrogen (secondary N) is 1. The van der Waals surface area contributed by atoms with Gasteiger partial charge in [-0.3, -0.25) is 4.79 Å². The van der Waals surface area contributed by atoms with Crippen molar-refractivity contribution in [2.75, 3.05) is 6.61 Å². The maximum absolute atomic E-state index is 12.0. The summed E-state index contributed by atoms with van der Waals surface area (Å²) in [6.45, 7) is 10.4. The molecule has 22 heavy (non-hydrogen) atoms. The zero-order valence-electron chi connectivity index (χ0n) is 14.1. The molecule has 2 rings (SSSR count). The first-order chi connectivity index (χ1) is 10.2. The van der Waals surface area contributed by atoms with Crippen LogP contribution in [0.4, 0.5) is 0 Å². The molecule has 2 N–H and O–H groups in total. The molecule has 0 radical (unpaired) electrons. The maximum atomic E-state index is 12.0. The molecule has 0 saturated carbocycles. The average Bonchev–Trinajstić information content (AvgIpc) is 2.45. The second-order valence-corrected chi connectivity index (χ2v) is 7.42. The van der Waals surface area contributed by atoms with Gasteiger partial charge in [0.25, 0.3) is 0 Å². The van der Waals surface area contributed by atoms with E-state index in [0.29, 0.717) is 6.61 Å². The lowest BCUT2D eigenvalue weighted by Crippen LogP contribution is -2.34. The molecular weight excluding hydrogens is 278 g/mol. The van der Waals surface area contributed by atoms with Gasteiger partial charge in [0.1, 0.15) is 5.75 Å². The van der Waals surface area contributed by atoms with Crippen LogP contribution in [0.1, 0.15) is 64.3 Å². The zero-order valence-corrected chi connectivity index (χ0v) is 14.1. The number of benzene rings is 1. The number of ether oxygens (including phenoxy) is 1. The first-order valence-electron chi connectivity index (χ1n) is 7.95. The van der Waals surface area contributed by atoms with Crippen molar-refractivity contribution in [3.63, 3.8) is 0 Å². The van der Waals surface area contributed by atoms with Gasteiger partial charge in [-0.15, -0.1) is 0 Å². The molecule has 4 nitrogen and oxygen atoms in total. The second-order valence-electron chi connectivity index (χ2n) is 7.42. The summed E-state index contributed by atoms with van der Waals surface area (Å²) in [5, 5.41) is 13.6. The van der Waals surface area contributed by atoms with Crippen LogP contribution in [0.25, 0.3) is 0 Å². The smallest absolute Gasteiger partial charge is 0.223 e. The highest BCUT2D eigenvalue weighted by Crippen LogP contribution is 2.38. The van der Waals surface area contributed by atoms with Gasteiger partial charge in [0.2, 0.25) is 5.91 Å². The van der Waals surface area contributed by atoms with Gasteiger partial charge in [-0.05, 0) is 23.1 Å². The molecule has 4 heteroatoms. The third kappa shape index (κ3) is 3.61. The highest BCUT2D eigenvalue weighted by Gasteiger charge is 2.28. The van der Waals surface area contributed by atoms with Crippen LogP contribution in [-0.2, 0) is 4.79 Å². The third-order valence-corrected chi connectivity index (χ3v) is 4.05. The summed E-state index contributed by atoms with van der Waals surface area (Å²) in [6.07, 6.45) is 0.196. The molecule has 0 saturated heterocycles. The van der Waals surface area contributed by atoms with Crippen LogP contribution in [0.3, 0.4) is 0 Å². The summed E-state index contributed by atoms with van der Waals surface area (Å²) in [7, 11) is 0. The van der Waals surface area contributed by atoms with Gasteiger partial charge in [0.05, 0.1) is 18.8 Å². The number of aliphatic hydroxyl groups excluding tert-OH is 1. The fourth-order valence-corrected chi connectivity index (χ4v) is 2.57. The molecule has 1 amide bonds. The largest absolute Gasteiger partial charge is 0.493 e. The standard InChI is InChI=1S/C18H27NO3/c1-11(2)17(21)19-14-8-9-22-15-7-6-12(10-13(14)15)16(20)18(3,4)5/h6-7,10-11,14,16,20H,8-9H2,1-5H3,(H,19,21). The second kappa shape index (κ2) is 6.29. The summed E-state index contributed by atoms with van der Waals surface area (Å²) in [5.74, 6) is 0.791. The van der Waals surface area contributed by atoms with E-state index in [1.54, 1.807) is 0 Å². The average molecular weight is 305 g/mol. The van der Waals surface area contributed by atoms with Crippen LogP contribution in [0.15, 0.2) is 18.2 Å². The van der Waals surface area contributed by atoms with Crippen LogP contribution >= 0.6 is 0 Å². The van der Waals surface area contributed by atoms with E-state index < -0.39 is 6.10 Å². The van der Waals surface area contributed by atoms with Gasteiger partial charge in [0, 0.05) is 17.9 Å². The molecule has 1 aliphatic rings. The molecule has 0 bridgehead atoms. The summed E-state index contributed by atoms with van der Waals surface area (Å²) < 4.78 is 5.68. The van der Waals surface area contributed by atoms with E-state index in [1.165, 1.54) is 0 Å². The molecule has 0 aliphatic carbocycles. The van der Waals surface area contributed by atoms with Crippen molar-refractivity contribution in [3.8, 4) is 5.75 Å². The predicted octanol–water partition coefficient (Wildman–Crippen LogP) is 3.36. The number of amides is 1. The van der Waals surface area contributed by atoms with Crippen LogP contribution in [0, 0.1) is 11.3 Å². The molecular formula is C18H27NO3. The van der Waals surface area contributed by atoms with Crippen molar-refractivity contribution in [1.29, 1.82) is 0 Å². The van der Waals surface area contributed by atoms with E-state index >= 15 is 0 Å². The van der Waals surface area contributed by atoms with Gasteiger partial charge in [-0.1, -0.05) is 40.7 Å². The minimum atomic E-state index is -0.554. The molecule has 1 aromatic carbocycles. The van der Waals surface area contributed by atoms with Crippen molar-refractivity contribution in [1.82, 2.24) is 5.32 Å². The molecule has 1 aliphatic heterocycles. The van der Waals surface area contributed by atoms with Gasteiger partial charge < -0.3 is 15.2 Å². The minimum Gasteiger partial charge on any atom is -0.493 e. The molecule has 0 aromatic heterocycles. The Balaban J connectivity index is 2.30. The topological polar surface area (TPSA) is 58.6 Å². The summed E-state index contributed by atoms with van der Waals surface area (Å²) >= 11 is 0. The number of carbonyl (C=O) groups excluding carboxylic acids is 1. The van der Waals surface area contributed by atoms with E-state index in [9.17, 15) is 9.90 Å². The fourth-order valence-electron chi connectivity index (χ4n) is 2.57. The Morgan fingerprint density at radius 2 is 2.05 bits per heavy atom. The van der Waals surface area contributed by atoms with Gasteiger partial charge in [-0.25, -0.2) is 0 Å². The number of carbonyl (C=O) groups is 1. The Hall–Kier alpha value is -1.55. The number of hydrogen-bond donors (Lipinski definition) is 2. The van der Waals surface area contributed by atoms with E-state index in [-0.39, 0.29) is 23.3 Å². The van der Waals surface area contributed by atoms with E-state index in [2.05, 4.69) is 5.32 Å². The molecule has 0 fully saturated rings. The van der Waals surface area contributed by atoms with Crippen molar-refractivity contribution < 1.29 is 14.6 Å². The van der Waals surface area contributed by atoms with Crippen molar-refractivity contribution in [3.05, 3.63) is 29.3 Å². The van der Waals surface area contributed by atoms with Crippen LogP contribution < -0.4 is 10.1 Å². The van der Waals surface area contributed by atoms with E-state index in [1.807, 2.05) is 52.8 Å². The van der Waals surface area contributed by atoms with Crippen LogP contribution in [0.5, 0.6) is 5.75 Å².